The topological polar surface area (TPSA) is 93.2 Å². The first-order chi connectivity index (χ1) is 13.1. The van der Waals surface area contributed by atoms with E-state index in [1.54, 1.807) is 13.0 Å². The van der Waals surface area contributed by atoms with Gasteiger partial charge in [-0.3, -0.25) is 25.4 Å². The van der Waals surface area contributed by atoms with Gasteiger partial charge in [0, 0.05) is 11.8 Å². The Morgan fingerprint density at radius 3 is 2.41 bits per heavy atom. The van der Waals surface area contributed by atoms with E-state index in [1.807, 2.05) is 48.5 Å². The predicted octanol–water partition coefficient (Wildman–Crippen LogP) is 2.29. The van der Waals surface area contributed by atoms with Gasteiger partial charge in [0.1, 0.15) is 11.4 Å². The highest BCUT2D eigenvalue weighted by atomic mass is 16.5. The average molecular weight is 362 g/mol. The van der Waals surface area contributed by atoms with Crippen LogP contribution in [0.4, 0.5) is 0 Å². The lowest BCUT2D eigenvalue weighted by atomic mass is 10.1. The van der Waals surface area contributed by atoms with Crippen molar-refractivity contribution in [3.05, 3.63) is 78.4 Å². The molecule has 3 aromatic rings. The molecule has 1 aromatic heterocycles. The first kappa shape index (κ1) is 18.1. The van der Waals surface area contributed by atoms with Crippen LogP contribution in [0, 0.1) is 6.92 Å². The van der Waals surface area contributed by atoms with Crippen LogP contribution in [-0.4, -0.2) is 28.4 Å². The minimum Gasteiger partial charge on any atom is -0.483 e. The van der Waals surface area contributed by atoms with Gasteiger partial charge in [-0.2, -0.15) is 0 Å². The van der Waals surface area contributed by atoms with Crippen molar-refractivity contribution in [1.82, 2.24) is 20.8 Å². The van der Waals surface area contributed by atoms with Crippen molar-refractivity contribution in [1.29, 1.82) is 0 Å². The summed E-state index contributed by atoms with van der Waals surface area (Å²) in [6, 6.07) is 17.2. The smallest absolute Gasteiger partial charge is 0.289 e. The Bertz CT molecular complexity index is 927. The zero-order valence-corrected chi connectivity index (χ0v) is 14.7. The van der Waals surface area contributed by atoms with Crippen molar-refractivity contribution in [2.75, 3.05) is 6.61 Å². The third kappa shape index (κ3) is 4.88. The number of benzene rings is 2. The maximum atomic E-state index is 12.0. The second-order valence-corrected chi connectivity index (χ2v) is 5.70. The molecule has 0 fully saturated rings. The van der Waals surface area contributed by atoms with Crippen LogP contribution in [0.5, 0.6) is 5.75 Å². The summed E-state index contributed by atoms with van der Waals surface area (Å²) in [6.07, 6.45) is 2.81. The van der Waals surface area contributed by atoms with Gasteiger partial charge < -0.3 is 4.74 Å². The van der Waals surface area contributed by atoms with Crippen molar-refractivity contribution in [3.63, 3.8) is 0 Å². The van der Waals surface area contributed by atoms with E-state index in [1.165, 1.54) is 12.4 Å². The largest absolute Gasteiger partial charge is 0.483 e. The van der Waals surface area contributed by atoms with Crippen molar-refractivity contribution in [2.45, 2.75) is 6.92 Å². The van der Waals surface area contributed by atoms with Crippen LogP contribution in [0.15, 0.2) is 67.0 Å². The maximum absolute atomic E-state index is 12.0. The number of carbonyl (C=O) groups excluding carboxylic acids is 2. The third-order valence-corrected chi connectivity index (χ3v) is 3.66. The number of para-hydroxylation sites is 1. The minimum atomic E-state index is -0.555. The highest BCUT2D eigenvalue weighted by Crippen LogP contribution is 2.29. The lowest BCUT2D eigenvalue weighted by Crippen LogP contribution is -2.44. The molecule has 0 unspecified atom stereocenters. The Labute approximate surface area is 156 Å². The molecule has 7 heteroatoms. The fourth-order valence-corrected chi connectivity index (χ4v) is 2.33. The summed E-state index contributed by atoms with van der Waals surface area (Å²) in [5, 5.41) is 0. The number of ether oxygens (including phenoxy) is 1. The van der Waals surface area contributed by atoms with Crippen molar-refractivity contribution < 1.29 is 14.3 Å². The SMILES string of the molecule is Cc1cnc(C(=O)NNC(=O)COc2ccccc2-c2ccccc2)cn1. The van der Waals surface area contributed by atoms with E-state index in [9.17, 15) is 9.59 Å². The monoisotopic (exact) mass is 362 g/mol. The second-order valence-electron chi connectivity index (χ2n) is 5.70. The van der Waals surface area contributed by atoms with Gasteiger partial charge in [-0.05, 0) is 18.6 Å². The summed E-state index contributed by atoms with van der Waals surface area (Å²) in [5.74, 6) is -0.471. The summed E-state index contributed by atoms with van der Waals surface area (Å²) in [5.41, 5.74) is 7.24. The fraction of sp³-hybridized carbons (Fsp3) is 0.100. The van der Waals surface area contributed by atoms with Gasteiger partial charge in [-0.1, -0.05) is 48.5 Å². The van der Waals surface area contributed by atoms with Gasteiger partial charge >= 0.3 is 0 Å². The number of aromatic nitrogens is 2. The van der Waals surface area contributed by atoms with Gasteiger partial charge in [-0.15, -0.1) is 0 Å². The summed E-state index contributed by atoms with van der Waals surface area (Å²) < 4.78 is 5.62. The zero-order chi connectivity index (χ0) is 19.1. The molecule has 0 radical (unpaired) electrons. The molecule has 0 bridgehead atoms. The van der Waals surface area contributed by atoms with Crippen molar-refractivity contribution in [2.24, 2.45) is 0 Å². The quantitative estimate of drug-likeness (QED) is 0.679. The van der Waals surface area contributed by atoms with Gasteiger partial charge in [-0.25, -0.2) is 4.98 Å². The molecule has 0 aliphatic carbocycles. The number of nitrogens with zero attached hydrogens (tertiary/aromatic N) is 2. The van der Waals surface area contributed by atoms with Crippen LogP contribution in [0.2, 0.25) is 0 Å². The van der Waals surface area contributed by atoms with E-state index >= 15 is 0 Å². The van der Waals surface area contributed by atoms with Gasteiger partial charge in [0.15, 0.2) is 6.61 Å². The van der Waals surface area contributed by atoms with Gasteiger partial charge in [0.05, 0.1) is 11.9 Å². The molecule has 136 valence electrons. The number of aryl methyl sites for hydroxylation is 1. The van der Waals surface area contributed by atoms with E-state index in [-0.39, 0.29) is 12.3 Å². The molecule has 0 saturated carbocycles. The molecule has 0 atom stereocenters. The first-order valence-corrected chi connectivity index (χ1v) is 8.28. The van der Waals surface area contributed by atoms with E-state index < -0.39 is 11.8 Å². The van der Waals surface area contributed by atoms with E-state index in [4.69, 9.17) is 4.74 Å². The Morgan fingerprint density at radius 1 is 0.926 bits per heavy atom. The normalized spacial score (nSPS) is 10.1. The van der Waals surface area contributed by atoms with E-state index in [0.29, 0.717) is 11.4 Å². The van der Waals surface area contributed by atoms with Gasteiger partial charge in [0.2, 0.25) is 0 Å². The standard InChI is InChI=1S/C20H18N4O3/c1-14-11-22-17(12-21-14)20(26)24-23-19(25)13-27-18-10-6-5-9-16(18)15-7-3-2-4-8-15/h2-12H,13H2,1H3,(H,23,25)(H,24,26). The molecule has 2 amide bonds. The number of rotatable bonds is 5. The van der Waals surface area contributed by atoms with E-state index in [2.05, 4.69) is 20.8 Å². The van der Waals surface area contributed by atoms with Crippen LogP contribution in [-0.2, 0) is 4.79 Å². The molecule has 0 aliphatic heterocycles. The molecular formula is C20H18N4O3. The summed E-state index contributed by atoms with van der Waals surface area (Å²) in [6.45, 7) is 1.52. The third-order valence-electron chi connectivity index (χ3n) is 3.66. The maximum Gasteiger partial charge on any atom is 0.289 e. The zero-order valence-electron chi connectivity index (χ0n) is 14.7. The average Bonchev–Trinajstić information content (AvgIpc) is 2.72. The number of amides is 2. The molecule has 7 nitrogen and oxygen atoms in total. The number of hydrazine groups is 1. The van der Waals surface area contributed by atoms with Crippen molar-refractivity contribution >= 4 is 11.8 Å². The van der Waals surface area contributed by atoms with Crippen LogP contribution in [0.1, 0.15) is 16.2 Å². The number of carbonyl (C=O) groups is 2. The predicted molar refractivity (Wildman–Crippen MR) is 99.8 cm³/mol. The Kier molecular flexibility index (Phi) is 5.73. The molecule has 1 heterocycles. The highest BCUT2D eigenvalue weighted by Gasteiger charge is 2.11. The Hall–Kier alpha value is -3.74. The summed E-state index contributed by atoms with van der Waals surface area (Å²) in [7, 11) is 0. The molecule has 3 rings (SSSR count). The Morgan fingerprint density at radius 2 is 1.67 bits per heavy atom. The second kappa shape index (κ2) is 8.57. The van der Waals surface area contributed by atoms with Crippen LogP contribution >= 0.6 is 0 Å². The van der Waals surface area contributed by atoms with Crippen LogP contribution < -0.4 is 15.6 Å². The first-order valence-electron chi connectivity index (χ1n) is 8.28. The fourth-order valence-electron chi connectivity index (χ4n) is 2.33. The van der Waals surface area contributed by atoms with Crippen LogP contribution in [0.3, 0.4) is 0 Å². The molecule has 0 spiro atoms. The molecule has 27 heavy (non-hydrogen) atoms. The van der Waals surface area contributed by atoms with E-state index in [0.717, 1.165) is 11.1 Å². The number of hydrogen-bond acceptors (Lipinski definition) is 5. The minimum absolute atomic E-state index is 0.108. The highest BCUT2D eigenvalue weighted by molar-refractivity contribution is 5.93. The lowest BCUT2D eigenvalue weighted by Gasteiger charge is -2.12. The molecule has 2 aromatic carbocycles. The number of hydrogen-bond donors (Lipinski definition) is 2. The molecule has 2 N–H and O–H groups in total. The lowest BCUT2D eigenvalue weighted by molar-refractivity contribution is -0.123. The van der Waals surface area contributed by atoms with Crippen molar-refractivity contribution in [3.8, 4) is 16.9 Å². The molecular weight excluding hydrogens is 344 g/mol. The van der Waals surface area contributed by atoms with Gasteiger partial charge in [0.25, 0.3) is 11.8 Å². The summed E-state index contributed by atoms with van der Waals surface area (Å²) >= 11 is 0. The summed E-state index contributed by atoms with van der Waals surface area (Å²) in [4.78, 5) is 31.8. The number of nitrogens with one attached hydrogen (secondary N) is 2. The Balaban J connectivity index is 1.55. The molecule has 0 saturated heterocycles. The molecule has 0 aliphatic rings. The van der Waals surface area contributed by atoms with Crippen LogP contribution in [0.25, 0.3) is 11.1 Å².